The number of anilines is 1. The highest BCUT2D eigenvalue weighted by Gasteiger charge is 2.11. The van der Waals surface area contributed by atoms with Gasteiger partial charge < -0.3 is 15.5 Å². The van der Waals surface area contributed by atoms with Gasteiger partial charge in [0.1, 0.15) is 16.8 Å². The van der Waals surface area contributed by atoms with Crippen LogP contribution in [0.3, 0.4) is 0 Å². The first-order valence-corrected chi connectivity index (χ1v) is 4.95. The highest BCUT2D eigenvalue weighted by molar-refractivity contribution is 6.30. The van der Waals surface area contributed by atoms with E-state index in [9.17, 15) is 0 Å². The Balaban J connectivity index is 2.93. The van der Waals surface area contributed by atoms with Crippen molar-refractivity contribution < 1.29 is 10.2 Å². The monoisotopic (exact) mass is 231 g/mol. The molecule has 0 fully saturated rings. The van der Waals surface area contributed by atoms with Gasteiger partial charge in [0.25, 0.3) is 0 Å². The van der Waals surface area contributed by atoms with Crippen LogP contribution in [0.2, 0.25) is 5.15 Å². The third kappa shape index (κ3) is 3.02. The Morgan fingerprint density at radius 3 is 2.40 bits per heavy atom. The second-order valence-electron chi connectivity index (χ2n) is 3.24. The van der Waals surface area contributed by atoms with Crippen LogP contribution in [0.15, 0.2) is 0 Å². The fraction of sp³-hybridized carbons (Fsp3) is 0.556. The second-order valence-corrected chi connectivity index (χ2v) is 3.60. The number of aliphatic hydroxyl groups is 2. The first-order valence-electron chi connectivity index (χ1n) is 4.57. The third-order valence-electron chi connectivity index (χ3n) is 1.98. The molecular weight excluding hydrogens is 218 g/mol. The lowest BCUT2D eigenvalue weighted by molar-refractivity contribution is 0.203. The molecule has 84 valence electrons. The lowest BCUT2D eigenvalue weighted by Gasteiger charge is -2.16. The molecule has 0 saturated carbocycles. The molecular formula is C9H14ClN3O2. The fourth-order valence-electron chi connectivity index (χ4n) is 1.08. The minimum Gasteiger partial charge on any atom is -0.394 e. The molecule has 0 aliphatic heterocycles. The number of aryl methyl sites for hydroxylation is 1. The maximum Gasteiger partial charge on any atom is 0.137 e. The maximum atomic E-state index is 8.92. The smallest absolute Gasteiger partial charge is 0.137 e. The predicted octanol–water partition coefficient (Wildman–Crippen LogP) is 0.512. The largest absolute Gasteiger partial charge is 0.394 e. The van der Waals surface area contributed by atoms with Crippen LogP contribution < -0.4 is 5.32 Å². The second kappa shape index (κ2) is 5.25. The summed E-state index contributed by atoms with van der Waals surface area (Å²) in [6.07, 6.45) is 0. The molecule has 0 bridgehead atoms. The van der Waals surface area contributed by atoms with Crippen LogP contribution in [0, 0.1) is 13.8 Å². The van der Waals surface area contributed by atoms with E-state index < -0.39 is 6.04 Å². The molecule has 0 aliphatic rings. The van der Waals surface area contributed by atoms with Gasteiger partial charge in [-0.2, -0.15) is 0 Å². The zero-order valence-corrected chi connectivity index (χ0v) is 9.41. The molecule has 0 atom stereocenters. The third-order valence-corrected chi connectivity index (χ3v) is 2.35. The van der Waals surface area contributed by atoms with Gasteiger partial charge >= 0.3 is 0 Å². The highest BCUT2D eigenvalue weighted by atomic mass is 35.5. The highest BCUT2D eigenvalue weighted by Crippen LogP contribution is 2.19. The zero-order chi connectivity index (χ0) is 11.4. The number of aromatic nitrogens is 2. The van der Waals surface area contributed by atoms with Gasteiger partial charge in [-0.1, -0.05) is 11.6 Å². The lowest BCUT2D eigenvalue weighted by atomic mass is 10.3. The minimum absolute atomic E-state index is 0.170. The van der Waals surface area contributed by atoms with Crippen molar-refractivity contribution in [3.05, 3.63) is 16.5 Å². The van der Waals surface area contributed by atoms with Crippen molar-refractivity contribution in [2.24, 2.45) is 0 Å². The summed E-state index contributed by atoms with van der Waals surface area (Å²) in [5.41, 5.74) is 0.703. The van der Waals surface area contributed by atoms with E-state index in [1.807, 2.05) is 0 Å². The van der Waals surface area contributed by atoms with Crippen LogP contribution in [-0.2, 0) is 0 Å². The number of hydrogen-bond donors (Lipinski definition) is 3. The van der Waals surface area contributed by atoms with Gasteiger partial charge in [-0.15, -0.1) is 0 Å². The quantitative estimate of drug-likeness (QED) is 0.659. The van der Waals surface area contributed by atoms with E-state index in [-0.39, 0.29) is 13.2 Å². The van der Waals surface area contributed by atoms with E-state index in [0.29, 0.717) is 22.4 Å². The Morgan fingerprint density at radius 1 is 1.27 bits per heavy atom. The molecule has 15 heavy (non-hydrogen) atoms. The molecule has 1 aromatic rings. The van der Waals surface area contributed by atoms with Crippen LogP contribution in [0.5, 0.6) is 0 Å². The molecule has 3 N–H and O–H groups in total. The average Bonchev–Trinajstić information content (AvgIpc) is 2.21. The molecule has 1 aromatic heterocycles. The summed E-state index contributed by atoms with van der Waals surface area (Å²) in [4.78, 5) is 8.12. The van der Waals surface area contributed by atoms with Gasteiger partial charge in [-0.25, -0.2) is 9.97 Å². The van der Waals surface area contributed by atoms with E-state index in [2.05, 4.69) is 15.3 Å². The zero-order valence-electron chi connectivity index (χ0n) is 8.66. The summed E-state index contributed by atoms with van der Waals surface area (Å²) in [6, 6.07) is -0.436. The maximum absolute atomic E-state index is 8.92. The summed E-state index contributed by atoms with van der Waals surface area (Å²) in [5, 5.41) is 21.1. The number of nitrogens with zero attached hydrogens (tertiary/aromatic N) is 2. The Morgan fingerprint density at radius 2 is 1.87 bits per heavy atom. The van der Waals surface area contributed by atoms with Crippen molar-refractivity contribution in [3.63, 3.8) is 0 Å². The Kier molecular flexibility index (Phi) is 4.26. The molecule has 1 rings (SSSR count). The summed E-state index contributed by atoms with van der Waals surface area (Å²) < 4.78 is 0. The molecule has 1 heterocycles. The van der Waals surface area contributed by atoms with E-state index in [4.69, 9.17) is 21.8 Å². The summed E-state index contributed by atoms with van der Waals surface area (Å²) >= 11 is 5.87. The van der Waals surface area contributed by atoms with Crippen LogP contribution in [0.4, 0.5) is 5.82 Å². The molecule has 0 saturated heterocycles. The van der Waals surface area contributed by atoms with E-state index in [0.717, 1.165) is 0 Å². The number of rotatable bonds is 4. The molecule has 5 nitrogen and oxygen atoms in total. The molecule has 0 amide bonds. The van der Waals surface area contributed by atoms with Crippen LogP contribution in [-0.4, -0.2) is 39.4 Å². The van der Waals surface area contributed by atoms with Gasteiger partial charge in [0.2, 0.25) is 0 Å². The number of halogens is 1. The van der Waals surface area contributed by atoms with Gasteiger partial charge in [0.15, 0.2) is 0 Å². The minimum atomic E-state index is -0.436. The average molecular weight is 232 g/mol. The van der Waals surface area contributed by atoms with Crippen molar-refractivity contribution in [1.29, 1.82) is 0 Å². The number of hydrogen-bond acceptors (Lipinski definition) is 5. The molecule has 0 radical (unpaired) electrons. The van der Waals surface area contributed by atoms with Gasteiger partial charge in [0, 0.05) is 5.56 Å². The SMILES string of the molecule is Cc1nc(Cl)c(C)c(NC(CO)CO)n1. The first kappa shape index (κ1) is 12.2. The van der Waals surface area contributed by atoms with Crippen LogP contribution in [0.25, 0.3) is 0 Å². The predicted molar refractivity (Wildman–Crippen MR) is 58.1 cm³/mol. The summed E-state index contributed by atoms with van der Waals surface area (Å²) in [5.74, 6) is 1.09. The Bertz CT molecular complexity index is 342. The summed E-state index contributed by atoms with van der Waals surface area (Å²) in [6.45, 7) is 3.16. The number of nitrogens with one attached hydrogen (secondary N) is 1. The summed E-state index contributed by atoms with van der Waals surface area (Å²) in [7, 11) is 0. The van der Waals surface area contributed by atoms with E-state index in [1.54, 1.807) is 13.8 Å². The molecule has 6 heteroatoms. The first-order chi connectivity index (χ1) is 7.08. The topological polar surface area (TPSA) is 78.3 Å². The van der Waals surface area contributed by atoms with Crippen molar-refractivity contribution in [2.45, 2.75) is 19.9 Å². The lowest BCUT2D eigenvalue weighted by Crippen LogP contribution is -2.28. The Labute approximate surface area is 93.1 Å². The molecule has 0 aromatic carbocycles. The standard InChI is InChI=1S/C9H14ClN3O2/c1-5-8(10)11-6(2)12-9(5)13-7(3-14)4-15/h7,14-15H,3-4H2,1-2H3,(H,11,12,13). The van der Waals surface area contributed by atoms with Crippen molar-refractivity contribution in [3.8, 4) is 0 Å². The normalized spacial score (nSPS) is 10.8. The molecule has 0 spiro atoms. The van der Waals surface area contributed by atoms with Gasteiger partial charge in [-0.05, 0) is 13.8 Å². The van der Waals surface area contributed by atoms with Crippen molar-refractivity contribution in [1.82, 2.24) is 9.97 Å². The number of aliphatic hydroxyl groups excluding tert-OH is 2. The van der Waals surface area contributed by atoms with Crippen LogP contribution >= 0.6 is 11.6 Å². The fourth-order valence-corrected chi connectivity index (χ4v) is 1.29. The molecule has 0 unspecified atom stereocenters. The van der Waals surface area contributed by atoms with Crippen molar-refractivity contribution in [2.75, 3.05) is 18.5 Å². The van der Waals surface area contributed by atoms with Gasteiger partial charge in [0.05, 0.1) is 19.3 Å². The van der Waals surface area contributed by atoms with Crippen LogP contribution in [0.1, 0.15) is 11.4 Å². The van der Waals surface area contributed by atoms with E-state index >= 15 is 0 Å². The van der Waals surface area contributed by atoms with Crippen molar-refractivity contribution >= 4 is 17.4 Å². The molecule has 0 aliphatic carbocycles. The van der Waals surface area contributed by atoms with E-state index in [1.165, 1.54) is 0 Å². The van der Waals surface area contributed by atoms with Gasteiger partial charge in [-0.3, -0.25) is 0 Å². The Hall–Kier alpha value is -0.910.